The van der Waals surface area contributed by atoms with Crippen molar-refractivity contribution in [1.29, 1.82) is 0 Å². The second-order valence-electron chi connectivity index (χ2n) is 6.76. The molecule has 162 valence electrons. The highest BCUT2D eigenvalue weighted by Crippen LogP contribution is 2.21. The number of halogens is 1. The maximum Gasteiger partial charge on any atom is 0.409 e. The second-order valence-corrected chi connectivity index (χ2v) is 7.70. The van der Waals surface area contributed by atoms with Gasteiger partial charge in [0, 0.05) is 32.7 Å². The topological polar surface area (TPSA) is 87.9 Å². The Morgan fingerprint density at radius 3 is 2.47 bits per heavy atom. The van der Waals surface area contributed by atoms with E-state index in [1.165, 1.54) is 23.9 Å². The Morgan fingerprint density at radius 1 is 1.17 bits per heavy atom. The fourth-order valence-electron chi connectivity index (χ4n) is 3.15. The van der Waals surface area contributed by atoms with Crippen molar-refractivity contribution >= 4 is 23.8 Å². The molecule has 0 aliphatic carbocycles. The number of hydrogen-bond acceptors (Lipinski definition) is 6. The van der Waals surface area contributed by atoms with Crippen LogP contribution in [0.4, 0.5) is 9.18 Å². The van der Waals surface area contributed by atoms with Crippen LogP contribution >= 0.6 is 11.8 Å². The highest BCUT2D eigenvalue weighted by Gasteiger charge is 2.25. The maximum absolute atomic E-state index is 13.1. The Morgan fingerprint density at radius 2 is 1.83 bits per heavy atom. The Balaban J connectivity index is 1.57. The van der Waals surface area contributed by atoms with Crippen LogP contribution in [-0.4, -0.2) is 75.0 Å². The molecule has 0 spiro atoms. The van der Waals surface area contributed by atoms with Gasteiger partial charge in [0.25, 0.3) is 0 Å². The number of carbonyl (C=O) groups excluding carboxylic acids is 2. The van der Waals surface area contributed by atoms with E-state index in [9.17, 15) is 19.1 Å². The number of carbonyl (C=O) groups is 2. The number of nitrogens with zero attached hydrogens (tertiary/aromatic N) is 4. The van der Waals surface area contributed by atoms with E-state index in [2.05, 4.69) is 4.98 Å². The van der Waals surface area contributed by atoms with Crippen LogP contribution in [-0.2, 0) is 22.7 Å². The first-order chi connectivity index (χ1) is 14.5. The number of aliphatic hydroxyl groups excluding tert-OH is 1. The molecule has 3 rings (SSSR count). The van der Waals surface area contributed by atoms with Crippen LogP contribution < -0.4 is 0 Å². The molecule has 1 aromatic heterocycles. The van der Waals surface area contributed by atoms with Gasteiger partial charge in [0.05, 0.1) is 30.9 Å². The molecule has 0 radical (unpaired) electrons. The molecule has 0 atom stereocenters. The van der Waals surface area contributed by atoms with Crippen molar-refractivity contribution < 1.29 is 23.8 Å². The van der Waals surface area contributed by atoms with Gasteiger partial charge in [-0.1, -0.05) is 23.9 Å². The zero-order chi connectivity index (χ0) is 21.5. The summed E-state index contributed by atoms with van der Waals surface area (Å²) in [6, 6.07) is 6.13. The van der Waals surface area contributed by atoms with Crippen molar-refractivity contribution in [1.82, 2.24) is 19.4 Å². The fourth-order valence-corrected chi connectivity index (χ4v) is 4.05. The normalized spacial score (nSPS) is 14.1. The van der Waals surface area contributed by atoms with Crippen LogP contribution in [0.15, 0.2) is 35.6 Å². The maximum atomic E-state index is 13.1. The minimum Gasteiger partial charge on any atom is -0.450 e. The molecule has 2 amide bonds. The molecular formula is C20H25FN4O4S. The highest BCUT2D eigenvalue weighted by atomic mass is 32.2. The summed E-state index contributed by atoms with van der Waals surface area (Å²) in [6.45, 7) is 4.15. The standard InChI is InChI=1S/C20H25FN4O4S/c1-2-29-20(28)24-9-7-23(8-10-24)18(27)14-30-19-22-11-17(13-26)25(19)12-15-3-5-16(21)6-4-15/h3-6,11,26H,2,7-10,12-14H2,1H3. The average molecular weight is 437 g/mol. The molecule has 1 aliphatic heterocycles. The van der Waals surface area contributed by atoms with E-state index >= 15 is 0 Å². The molecular weight excluding hydrogens is 411 g/mol. The van der Waals surface area contributed by atoms with Gasteiger partial charge in [-0.15, -0.1) is 0 Å². The molecule has 1 fully saturated rings. The van der Waals surface area contributed by atoms with E-state index < -0.39 is 0 Å². The van der Waals surface area contributed by atoms with Crippen molar-refractivity contribution in [3.8, 4) is 0 Å². The molecule has 1 N–H and O–H groups in total. The summed E-state index contributed by atoms with van der Waals surface area (Å²) in [5.41, 5.74) is 1.49. The number of amides is 2. The van der Waals surface area contributed by atoms with Crippen LogP contribution in [0.3, 0.4) is 0 Å². The van der Waals surface area contributed by atoms with Crippen molar-refractivity contribution in [2.75, 3.05) is 38.5 Å². The monoisotopic (exact) mass is 436 g/mol. The number of hydrogen-bond donors (Lipinski definition) is 1. The lowest BCUT2D eigenvalue weighted by Crippen LogP contribution is -2.51. The molecule has 30 heavy (non-hydrogen) atoms. The van der Waals surface area contributed by atoms with Gasteiger partial charge in [0.2, 0.25) is 5.91 Å². The Bertz CT molecular complexity index is 866. The predicted octanol–water partition coefficient (Wildman–Crippen LogP) is 1.96. The van der Waals surface area contributed by atoms with Gasteiger partial charge >= 0.3 is 6.09 Å². The zero-order valence-corrected chi connectivity index (χ0v) is 17.6. The van der Waals surface area contributed by atoms with Gasteiger partial charge < -0.3 is 24.2 Å². The van der Waals surface area contributed by atoms with Gasteiger partial charge in [-0.25, -0.2) is 14.2 Å². The van der Waals surface area contributed by atoms with Gasteiger partial charge in [0.1, 0.15) is 5.82 Å². The van der Waals surface area contributed by atoms with E-state index in [0.717, 1.165) is 5.56 Å². The number of aromatic nitrogens is 2. The summed E-state index contributed by atoms with van der Waals surface area (Å²) in [6.07, 6.45) is 1.23. The number of imidazole rings is 1. The van der Waals surface area contributed by atoms with Gasteiger partial charge in [-0.05, 0) is 24.6 Å². The Hall–Kier alpha value is -2.59. The molecule has 2 heterocycles. The summed E-state index contributed by atoms with van der Waals surface area (Å²) in [5.74, 6) is -0.148. The van der Waals surface area contributed by atoms with Gasteiger partial charge in [-0.3, -0.25) is 4.79 Å². The number of thioether (sulfide) groups is 1. The first kappa shape index (κ1) is 22.1. The third-order valence-corrected chi connectivity index (χ3v) is 5.78. The van der Waals surface area contributed by atoms with Gasteiger partial charge in [0.15, 0.2) is 5.16 Å². The molecule has 0 unspecified atom stereocenters. The summed E-state index contributed by atoms with van der Waals surface area (Å²) in [4.78, 5) is 32.0. The molecule has 8 nitrogen and oxygen atoms in total. The summed E-state index contributed by atoms with van der Waals surface area (Å²) < 4.78 is 20.0. The van der Waals surface area contributed by atoms with Crippen molar-refractivity contribution in [2.24, 2.45) is 0 Å². The molecule has 2 aromatic rings. The SMILES string of the molecule is CCOC(=O)N1CCN(C(=O)CSc2ncc(CO)n2Cc2ccc(F)cc2)CC1. The van der Waals surface area contributed by atoms with E-state index in [4.69, 9.17) is 4.74 Å². The first-order valence-corrected chi connectivity index (χ1v) is 10.7. The number of piperazine rings is 1. The summed E-state index contributed by atoms with van der Waals surface area (Å²) >= 11 is 1.29. The van der Waals surface area contributed by atoms with Crippen molar-refractivity contribution in [3.05, 3.63) is 47.5 Å². The van der Waals surface area contributed by atoms with E-state index in [-0.39, 0.29) is 30.2 Å². The minimum atomic E-state index is -0.349. The third-order valence-electron chi connectivity index (χ3n) is 4.80. The van der Waals surface area contributed by atoms with E-state index in [1.54, 1.807) is 35.1 Å². The second kappa shape index (κ2) is 10.4. The van der Waals surface area contributed by atoms with E-state index in [0.29, 0.717) is 50.2 Å². The van der Waals surface area contributed by atoms with Crippen LogP contribution in [0.5, 0.6) is 0 Å². The minimum absolute atomic E-state index is 0.0367. The van der Waals surface area contributed by atoms with Crippen LogP contribution in [0, 0.1) is 5.82 Å². The van der Waals surface area contributed by atoms with Crippen molar-refractivity contribution in [2.45, 2.75) is 25.2 Å². The molecule has 1 saturated heterocycles. The third kappa shape index (κ3) is 5.51. The Labute approximate surface area is 178 Å². The van der Waals surface area contributed by atoms with Gasteiger partial charge in [-0.2, -0.15) is 0 Å². The zero-order valence-electron chi connectivity index (χ0n) is 16.8. The number of benzene rings is 1. The largest absolute Gasteiger partial charge is 0.450 e. The quantitative estimate of drug-likeness (QED) is 0.668. The lowest BCUT2D eigenvalue weighted by atomic mass is 10.2. The smallest absolute Gasteiger partial charge is 0.409 e. The number of ether oxygens (including phenoxy) is 1. The summed E-state index contributed by atoms with van der Waals surface area (Å²) in [7, 11) is 0. The van der Waals surface area contributed by atoms with Crippen LogP contribution in [0.1, 0.15) is 18.2 Å². The molecule has 0 saturated carbocycles. The first-order valence-electron chi connectivity index (χ1n) is 9.73. The summed E-state index contributed by atoms with van der Waals surface area (Å²) in [5, 5.41) is 10.2. The Kier molecular flexibility index (Phi) is 7.69. The van der Waals surface area contributed by atoms with Crippen LogP contribution in [0.2, 0.25) is 0 Å². The predicted molar refractivity (Wildman–Crippen MR) is 110 cm³/mol. The van der Waals surface area contributed by atoms with Crippen molar-refractivity contribution in [3.63, 3.8) is 0 Å². The molecule has 1 aliphatic rings. The molecule has 0 bridgehead atoms. The molecule has 10 heteroatoms. The number of aliphatic hydroxyl groups is 1. The average Bonchev–Trinajstić information content (AvgIpc) is 3.15. The van der Waals surface area contributed by atoms with E-state index in [1.807, 2.05) is 4.57 Å². The fraction of sp³-hybridized carbons (Fsp3) is 0.450. The lowest BCUT2D eigenvalue weighted by molar-refractivity contribution is -0.129. The molecule has 1 aromatic carbocycles. The number of rotatable bonds is 7. The van der Waals surface area contributed by atoms with Crippen LogP contribution in [0.25, 0.3) is 0 Å². The lowest BCUT2D eigenvalue weighted by Gasteiger charge is -2.34. The highest BCUT2D eigenvalue weighted by molar-refractivity contribution is 7.99.